The predicted octanol–water partition coefficient (Wildman–Crippen LogP) is 1.05. The van der Waals surface area contributed by atoms with Crippen LogP contribution in [0.15, 0.2) is 18.6 Å². The molecule has 0 bridgehead atoms. The molecule has 2 aromatic heterocycles. The molecule has 2 aromatic rings. The van der Waals surface area contributed by atoms with Crippen LogP contribution >= 0.6 is 0 Å². The third-order valence-corrected chi connectivity index (χ3v) is 1.76. The molecule has 0 spiro atoms. The molecule has 6 heteroatoms. The Balaban J connectivity index is 2.42. The standard InChI is InChI=1S/C9H8FN3O2/c1-2-15-8(14)7-5-13-4-6(10)3-11-9(13)12-7/h3-5H,2H2,1H3. The molecule has 0 aliphatic rings. The highest BCUT2D eigenvalue weighted by Crippen LogP contribution is 2.05. The lowest BCUT2D eigenvalue weighted by atomic mass is 10.5. The Kier molecular flexibility index (Phi) is 2.32. The number of carbonyl (C=O) groups is 1. The fourth-order valence-electron chi connectivity index (χ4n) is 1.16. The zero-order valence-corrected chi connectivity index (χ0v) is 7.98. The summed E-state index contributed by atoms with van der Waals surface area (Å²) in [6.07, 6.45) is 3.61. The summed E-state index contributed by atoms with van der Waals surface area (Å²) in [4.78, 5) is 18.9. The van der Waals surface area contributed by atoms with Gasteiger partial charge in [0.25, 0.3) is 0 Å². The summed E-state index contributed by atoms with van der Waals surface area (Å²) >= 11 is 0. The lowest BCUT2D eigenvalue weighted by Crippen LogP contribution is -2.04. The van der Waals surface area contributed by atoms with Gasteiger partial charge in [-0.05, 0) is 6.92 Å². The highest BCUT2D eigenvalue weighted by atomic mass is 19.1. The van der Waals surface area contributed by atoms with Crippen LogP contribution in [0.2, 0.25) is 0 Å². The minimum absolute atomic E-state index is 0.120. The molecule has 0 saturated heterocycles. The first kappa shape index (κ1) is 9.57. The van der Waals surface area contributed by atoms with Crippen molar-refractivity contribution in [1.82, 2.24) is 14.4 Å². The zero-order valence-electron chi connectivity index (χ0n) is 7.98. The lowest BCUT2D eigenvalue weighted by Gasteiger charge is -1.94. The van der Waals surface area contributed by atoms with E-state index in [9.17, 15) is 9.18 Å². The smallest absolute Gasteiger partial charge is 0.358 e. The van der Waals surface area contributed by atoms with Crippen molar-refractivity contribution in [1.29, 1.82) is 0 Å². The highest BCUT2D eigenvalue weighted by Gasteiger charge is 2.12. The van der Waals surface area contributed by atoms with Gasteiger partial charge >= 0.3 is 5.97 Å². The first-order valence-corrected chi connectivity index (χ1v) is 4.38. The number of imidazole rings is 1. The van der Waals surface area contributed by atoms with Crippen LogP contribution < -0.4 is 0 Å². The minimum atomic E-state index is -0.539. The van der Waals surface area contributed by atoms with Crippen LogP contribution in [-0.4, -0.2) is 26.9 Å². The van der Waals surface area contributed by atoms with Gasteiger partial charge in [-0.15, -0.1) is 0 Å². The van der Waals surface area contributed by atoms with E-state index in [2.05, 4.69) is 9.97 Å². The number of halogens is 1. The fraction of sp³-hybridized carbons (Fsp3) is 0.222. The van der Waals surface area contributed by atoms with Crippen LogP contribution in [0.3, 0.4) is 0 Å². The van der Waals surface area contributed by atoms with Crippen molar-refractivity contribution < 1.29 is 13.9 Å². The van der Waals surface area contributed by atoms with Crippen LogP contribution in [0, 0.1) is 5.82 Å². The Morgan fingerprint density at radius 3 is 3.13 bits per heavy atom. The number of aromatic nitrogens is 3. The summed E-state index contributed by atoms with van der Waals surface area (Å²) in [5, 5.41) is 0. The minimum Gasteiger partial charge on any atom is -0.461 e. The van der Waals surface area contributed by atoms with E-state index in [0.29, 0.717) is 0 Å². The van der Waals surface area contributed by atoms with Crippen LogP contribution in [0.4, 0.5) is 4.39 Å². The monoisotopic (exact) mass is 209 g/mol. The number of hydrogen-bond donors (Lipinski definition) is 0. The molecule has 0 saturated carbocycles. The summed E-state index contributed by atoms with van der Waals surface area (Å²) in [5.74, 6) is -0.766. The molecule has 0 atom stereocenters. The van der Waals surface area contributed by atoms with Crippen LogP contribution in [-0.2, 0) is 4.74 Å². The maximum Gasteiger partial charge on any atom is 0.358 e. The molecule has 0 radical (unpaired) electrons. The Morgan fingerprint density at radius 2 is 2.40 bits per heavy atom. The Labute approximate surface area is 84.5 Å². The van der Waals surface area contributed by atoms with Crippen LogP contribution in [0.25, 0.3) is 5.78 Å². The molecule has 15 heavy (non-hydrogen) atoms. The van der Waals surface area contributed by atoms with E-state index >= 15 is 0 Å². The van der Waals surface area contributed by atoms with Crippen molar-refractivity contribution >= 4 is 11.7 Å². The zero-order chi connectivity index (χ0) is 10.8. The van der Waals surface area contributed by atoms with Gasteiger partial charge in [-0.25, -0.2) is 19.2 Å². The van der Waals surface area contributed by atoms with Gasteiger partial charge in [0, 0.05) is 12.4 Å². The number of ether oxygens (including phenoxy) is 1. The molecule has 0 aliphatic heterocycles. The maximum absolute atomic E-state index is 12.8. The van der Waals surface area contributed by atoms with E-state index in [0.717, 1.165) is 6.20 Å². The third kappa shape index (κ3) is 1.78. The number of rotatable bonds is 2. The number of fused-ring (bicyclic) bond motifs is 1. The second kappa shape index (κ2) is 3.64. The van der Waals surface area contributed by atoms with Crippen molar-refractivity contribution in [2.75, 3.05) is 6.61 Å². The molecule has 2 rings (SSSR count). The van der Waals surface area contributed by atoms with Crippen molar-refractivity contribution in [3.05, 3.63) is 30.1 Å². The van der Waals surface area contributed by atoms with Gasteiger partial charge < -0.3 is 4.74 Å². The van der Waals surface area contributed by atoms with Gasteiger partial charge in [0.15, 0.2) is 11.5 Å². The second-order valence-corrected chi connectivity index (χ2v) is 2.83. The van der Waals surface area contributed by atoms with Gasteiger partial charge in [0.05, 0.1) is 12.8 Å². The molecule has 78 valence electrons. The topological polar surface area (TPSA) is 56.5 Å². The Bertz CT molecular complexity index is 509. The second-order valence-electron chi connectivity index (χ2n) is 2.83. The SMILES string of the molecule is CCOC(=O)c1cn2cc(F)cnc2n1. The van der Waals surface area contributed by atoms with E-state index in [1.54, 1.807) is 6.92 Å². The van der Waals surface area contributed by atoms with E-state index in [1.807, 2.05) is 0 Å². The van der Waals surface area contributed by atoms with Crippen molar-refractivity contribution in [3.63, 3.8) is 0 Å². The molecular weight excluding hydrogens is 201 g/mol. The molecule has 0 amide bonds. The maximum atomic E-state index is 12.8. The Hall–Kier alpha value is -1.98. The van der Waals surface area contributed by atoms with E-state index < -0.39 is 11.8 Å². The quantitative estimate of drug-likeness (QED) is 0.693. The fourth-order valence-corrected chi connectivity index (χ4v) is 1.16. The van der Waals surface area contributed by atoms with Gasteiger partial charge in [0.2, 0.25) is 5.78 Å². The third-order valence-electron chi connectivity index (χ3n) is 1.76. The highest BCUT2D eigenvalue weighted by molar-refractivity contribution is 5.87. The largest absolute Gasteiger partial charge is 0.461 e. The average Bonchev–Trinajstić information content (AvgIpc) is 2.60. The average molecular weight is 209 g/mol. The van der Waals surface area contributed by atoms with Crippen molar-refractivity contribution in [2.24, 2.45) is 0 Å². The van der Waals surface area contributed by atoms with Gasteiger partial charge in [-0.3, -0.25) is 4.40 Å². The summed E-state index contributed by atoms with van der Waals surface area (Å²) in [5.41, 5.74) is 0.120. The first-order chi connectivity index (χ1) is 7.20. The van der Waals surface area contributed by atoms with Crippen LogP contribution in [0.1, 0.15) is 17.4 Å². The molecule has 0 fully saturated rings. The normalized spacial score (nSPS) is 10.5. The van der Waals surface area contributed by atoms with Crippen LogP contribution in [0.5, 0.6) is 0 Å². The molecule has 2 heterocycles. The van der Waals surface area contributed by atoms with E-state index in [1.165, 1.54) is 16.8 Å². The lowest BCUT2D eigenvalue weighted by molar-refractivity contribution is 0.0520. The van der Waals surface area contributed by atoms with Gasteiger partial charge in [-0.1, -0.05) is 0 Å². The molecule has 0 unspecified atom stereocenters. The predicted molar refractivity (Wildman–Crippen MR) is 48.9 cm³/mol. The van der Waals surface area contributed by atoms with E-state index in [4.69, 9.17) is 4.74 Å². The van der Waals surface area contributed by atoms with Crippen molar-refractivity contribution in [2.45, 2.75) is 6.92 Å². The summed E-state index contributed by atoms with van der Waals surface area (Å²) < 4.78 is 18.9. The number of esters is 1. The summed E-state index contributed by atoms with van der Waals surface area (Å²) in [6.45, 7) is 1.97. The Morgan fingerprint density at radius 1 is 1.60 bits per heavy atom. The number of nitrogens with zero attached hydrogens (tertiary/aromatic N) is 3. The van der Waals surface area contributed by atoms with E-state index in [-0.39, 0.29) is 18.1 Å². The molecular formula is C9H8FN3O2. The summed E-state index contributed by atoms with van der Waals surface area (Å²) in [6, 6.07) is 0. The van der Waals surface area contributed by atoms with Gasteiger partial charge in [-0.2, -0.15) is 0 Å². The first-order valence-electron chi connectivity index (χ1n) is 4.38. The van der Waals surface area contributed by atoms with Gasteiger partial charge in [0.1, 0.15) is 0 Å². The molecule has 5 nitrogen and oxygen atoms in total. The van der Waals surface area contributed by atoms with Crippen molar-refractivity contribution in [3.8, 4) is 0 Å². The summed E-state index contributed by atoms with van der Waals surface area (Å²) in [7, 11) is 0. The molecule has 0 aromatic carbocycles. The molecule has 0 N–H and O–H groups in total. The number of hydrogen-bond acceptors (Lipinski definition) is 4. The molecule has 0 aliphatic carbocycles. The number of carbonyl (C=O) groups excluding carboxylic acids is 1.